The van der Waals surface area contributed by atoms with Crippen molar-refractivity contribution in [3.63, 3.8) is 0 Å². The first-order valence-electron chi connectivity index (χ1n) is 13.2. The zero-order valence-electron chi connectivity index (χ0n) is 23.3. The summed E-state index contributed by atoms with van der Waals surface area (Å²) in [6.45, 7) is 3.90. The highest BCUT2D eigenvalue weighted by Crippen LogP contribution is 2.13. The van der Waals surface area contributed by atoms with E-state index in [1.165, 1.54) is 24.3 Å². The number of amides is 4. The zero-order valence-corrected chi connectivity index (χ0v) is 23.3. The lowest BCUT2D eigenvalue weighted by Crippen LogP contribution is -2.57. The number of phenolic OH excluding ortho intramolecular Hbond substituents is 1. The minimum atomic E-state index is -1.31. The number of phenols is 1. The smallest absolute Gasteiger partial charge is 0.326 e. The molecule has 0 spiro atoms. The molecule has 15 heteroatoms. The second-order valence-corrected chi connectivity index (χ2v) is 10.1. The van der Waals surface area contributed by atoms with Crippen molar-refractivity contribution in [3.05, 3.63) is 29.8 Å². The summed E-state index contributed by atoms with van der Waals surface area (Å²) in [6.07, 6.45) is 0.134. The van der Waals surface area contributed by atoms with E-state index in [1.54, 1.807) is 0 Å². The van der Waals surface area contributed by atoms with Gasteiger partial charge in [-0.3, -0.25) is 24.2 Å². The normalized spacial score (nSPS) is 13.8. The Morgan fingerprint density at radius 2 is 1.41 bits per heavy atom. The average Bonchev–Trinajstić information content (AvgIpc) is 2.87. The van der Waals surface area contributed by atoms with Crippen molar-refractivity contribution in [2.75, 3.05) is 6.54 Å². The fourth-order valence-corrected chi connectivity index (χ4v) is 3.83. The van der Waals surface area contributed by atoms with Gasteiger partial charge in [0.25, 0.3) is 0 Å². The second kappa shape index (κ2) is 17.3. The van der Waals surface area contributed by atoms with Crippen LogP contribution in [0.25, 0.3) is 0 Å². The summed E-state index contributed by atoms with van der Waals surface area (Å²) < 4.78 is 0. The number of hydrogen-bond donors (Lipinski definition) is 9. The first-order chi connectivity index (χ1) is 19.2. The zero-order chi connectivity index (χ0) is 31.1. The fraction of sp³-hybridized carbons (Fsp3) is 0.538. The van der Waals surface area contributed by atoms with Gasteiger partial charge < -0.3 is 49.1 Å². The van der Waals surface area contributed by atoms with Gasteiger partial charge in [0.15, 0.2) is 5.96 Å². The molecule has 0 aliphatic rings. The van der Waals surface area contributed by atoms with Gasteiger partial charge in [0, 0.05) is 19.4 Å². The Balaban J connectivity index is 3.16. The number of aromatic hydroxyl groups is 1. The molecule has 1 aromatic carbocycles. The van der Waals surface area contributed by atoms with Crippen LogP contribution in [-0.4, -0.2) is 76.5 Å². The molecule has 0 heterocycles. The number of carboxylic acid groups (broad SMARTS) is 1. The van der Waals surface area contributed by atoms with Crippen molar-refractivity contribution in [1.29, 1.82) is 0 Å². The van der Waals surface area contributed by atoms with Gasteiger partial charge in [-0.05, 0) is 49.3 Å². The van der Waals surface area contributed by atoms with E-state index >= 15 is 0 Å². The number of benzene rings is 1. The number of aliphatic imine (C=N–C) groups is 1. The van der Waals surface area contributed by atoms with E-state index < -0.39 is 53.8 Å². The molecule has 1 rings (SSSR count). The highest BCUT2D eigenvalue weighted by molar-refractivity contribution is 5.94. The van der Waals surface area contributed by atoms with Crippen LogP contribution in [0.4, 0.5) is 0 Å². The molecule has 0 radical (unpaired) electrons. The summed E-state index contributed by atoms with van der Waals surface area (Å²) in [5.41, 5.74) is 22.3. The molecule has 0 aliphatic carbocycles. The van der Waals surface area contributed by atoms with E-state index in [1.807, 2.05) is 13.8 Å². The number of guanidine groups is 1. The molecule has 13 N–H and O–H groups in total. The maximum absolute atomic E-state index is 13.3. The summed E-state index contributed by atoms with van der Waals surface area (Å²) in [6, 6.07) is 1.08. The van der Waals surface area contributed by atoms with Crippen LogP contribution in [-0.2, 0) is 30.4 Å². The molecular weight excluding hydrogens is 536 g/mol. The topological polar surface area (TPSA) is 278 Å². The number of carboxylic acids is 1. The molecule has 15 nitrogen and oxygen atoms in total. The quantitative estimate of drug-likeness (QED) is 0.0533. The molecule has 4 unspecified atom stereocenters. The molecule has 228 valence electrons. The largest absolute Gasteiger partial charge is 0.508 e. The number of primary amides is 1. The van der Waals surface area contributed by atoms with Crippen LogP contribution in [0, 0.1) is 5.92 Å². The lowest BCUT2D eigenvalue weighted by Gasteiger charge is -2.25. The SMILES string of the molecule is CC(C)CC(N)C(=O)NC(CCC(N)=O)C(=O)NC(Cc1ccc(O)cc1)C(=O)NC(CCCN=C(N)N)C(=O)O. The van der Waals surface area contributed by atoms with Crippen LogP contribution < -0.4 is 38.9 Å². The minimum absolute atomic E-state index is 0.00274. The number of carbonyl (C=O) groups excluding carboxylic acids is 4. The van der Waals surface area contributed by atoms with E-state index in [0.29, 0.717) is 12.0 Å². The van der Waals surface area contributed by atoms with Gasteiger partial charge in [-0.2, -0.15) is 0 Å². The van der Waals surface area contributed by atoms with E-state index in [0.717, 1.165) is 0 Å². The summed E-state index contributed by atoms with van der Waals surface area (Å²) in [7, 11) is 0. The van der Waals surface area contributed by atoms with Crippen LogP contribution in [0.1, 0.15) is 51.5 Å². The van der Waals surface area contributed by atoms with Crippen molar-refractivity contribution >= 4 is 35.6 Å². The molecule has 0 saturated heterocycles. The number of aliphatic carboxylic acids is 1. The van der Waals surface area contributed by atoms with E-state index in [9.17, 15) is 34.2 Å². The maximum Gasteiger partial charge on any atom is 0.326 e. The molecule has 0 saturated carbocycles. The molecule has 4 amide bonds. The van der Waals surface area contributed by atoms with Gasteiger partial charge in [-0.1, -0.05) is 26.0 Å². The molecule has 1 aromatic rings. The van der Waals surface area contributed by atoms with Gasteiger partial charge in [0.1, 0.15) is 23.9 Å². The molecule has 4 atom stereocenters. The third-order valence-electron chi connectivity index (χ3n) is 5.94. The van der Waals surface area contributed by atoms with Crippen LogP contribution in [0.5, 0.6) is 5.75 Å². The number of nitrogens with one attached hydrogen (secondary N) is 3. The second-order valence-electron chi connectivity index (χ2n) is 10.1. The molecular formula is C26H42N8O7. The first-order valence-corrected chi connectivity index (χ1v) is 13.2. The van der Waals surface area contributed by atoms with Crippen molar-refractivity contribution in [1.82, 2.24) is 16.0 Å². The van der Waals surface area contributed by atoms with Gasteiger partial charge >= 0.3 is 5.97 Å². The number of carbonyl (C=O) groups is 5. The third kappa shape index (κ3) is 14.0. The van der Waals surface area contributed by atoms with Gasteiger partial charge in [0.2, 0.25) is 23.6 Å². The van der Waals surface area contributed by atoms with Crippen molar-refractivity contribution < 1.29 is 34.2 Å². The number of nitrogens with zero attached hydrogens (tertiary/aromatic N) is 1. The van der Waals surface area contributed by atoms with Gasteiger partial charge in [0.05, 0.1) is 6.04 Å². The average molecular weight is 579 g/mol. The highest BCUT2D eigenvalue weighted by atomic mass is 16.4. The van der Waals surface area contributed by atoms with Crippen LogP contribution >= 0.6 is 0 Å². The Labute approximate surface area is 238 Å². The maximum atomic E-state index is 13.3. The molecule has 0 fully saturated rings. The lowest BCUT2D eigenvalue weighted by molar-refractivity contribution is -0.142. The molecule has 0 bridgehead atoms. The van der Waals surface area contributed by atoms with E-state index in [4.69, 9.17) is 22.9 Å². The van der Waals surface area contributed by atoms with Crippen LogP contribution in [0.2, 0.25) is 0 Å². The van der Waals surface area contributed by atoms with Gasteiger partial charge in [-0.25, -0.2) is 4.79 Å². The molecule has 0 aromatic heterocycles. The fourth-order valence-electron chi connectivity index (χ4n) is 3.83. The van der Waals surface area contributed by atoms with Crippen LogP contribution in [0.15, 0.2) is 29.3 Å². The standard InChI is InChI=1S/C26H42N8O7/c1-14(2)12-17(27)22(37)32-18(9-10-21(28)36)23(38)34-20(13-15-5-7-16(35)8-6-15)24(39)33-19(25(40)41)4-3-11-31-26(29)30/h5-8,14,17-20,35H,3-4,9-13,27H2,1-2H3,(H2,28,36)(H,32,37)(H,33,39)(H,34,38)(H,40,41)(H4,29,30,31). The number of rotatable bonds is 18. The first kappa shape index (κ1) is 34.6. The monoisotopic (exact) mass is 578 g/mol. The lowest BCUT2D eigenvalue weighted by atomic mass is 10.0. The van der Waals surface area contributed by atoms with Gasteiger partial charge in [-0.15, -0.1) is 0 Å². The Morgan fingerprint density at radius 1 is 0.854 bits per heavy atom. The predicted molar refractivity (Wildman–Crippen MR) is 151 cm³/mol. The summed E-state index contributed by atoms with van der Waals surface area (Å²) >= 11 is 0. The van der Waals surface area contributed by atoms with Crippen molar-refractivity contribution in [2.45, 2.75) is 76.5 Å². The number of nitrogens with two attached hydrogens (primary N) is 4. The van der Waals surface area contributed by atoms with E-state index in [2.05, 4.69) is 20.9 Å². The Bertz CT molecular complexity index is 1070. The minimum Gasteiger partial charge on any atom is -0.508 e. The summed E-state index contributed by atoms with van der Waals surface area (Å²) in [5.74, 6) is -4.29. The Morgan fingerprint density at radius 3 is 1.95 bits per heavy atom. The molecule has 41 heavy (non-hydrogen) atoms. The Hall–Kier alpha value is -4.40. The predicted octanol–water partition coefficient (Wildman–Crippen LogP) is -1.83. The number of hydrogen-bond acceptors (Lipinski definition) is 8. The molecule has 0 aliphatic heterocycles. The highest BCUT2D eigenvalue weighted by Gasteiger charge is 2.30. The van der Waals surface area contributed by atoms with Crippen molar-refractivity contribution in [3.8, 4) is 5.75 Å². The van der Waals surface area contributed by atoms with Crippen molar-refractivity contribution in [2.24, 2.45) is 33.8 Å². The van der Waals surface area contributed by atoms with Crippen LogP contribution in [0.3, 0.4) is 0 Å². The summed E-state index contributed by atoms with van der Waals surface area (Å²) in [5, 5.41) is 26.7. The Kier molecular flexibility index (Phi) is 14.6. The van der Waals surface area contributed by atoms with E-state index in [-0.39, 0.29) is 56.3 Å². The third-order valence-corrected chi connectivity index (χ3v) is 5.94. The summed E-state index contributed by atoms with van der Waals surface area (Å²) in [4.78, 5) is 66.2.